The number of hydrogen-bond acceptors (Lipinski definition) is 4. The number of unbranched alkanes of at least 4 members (excludes halogenated alkanes) is 2. The molecule has 8 heteroatoms. The molecule has 0 unspecified atom stereocenters. The summed E-state index contributed by atoms with van der Waals surface area (Å²) < 4.78 is 45.1. The van der Waals surface area contributed by atoms with E-state index in [-0.39, 0.29) is 10.7 Å². The average Bonchev–Trinajstić information content (AvgIpc) is 3.22. The Morgan fingerprint density at radius 3 is 2.53 bits per heavy atom. The number of nitrogens with zero attached hydrogens (tertiary/aromatic N) is 2. The van der Waals surface area contributed by atoms with Crippen molar-refractivity contribution in [1.82, 2.24) is 14.5 Å². The molecule has 3 aromatic rings. The highest BCUT2D eigenvalue weighted by Gasteiger charge is 2.23. The summed E-state index contributed by atoms with van der Waals surface area (Å²) in [5.74, 6) is 0.0766. The Kier molecular flexibility index (Phi) is 7.23. The fraction of sp³-hybridized carbons (Fsp3) is 0.318. The van der Waals surface area contributed by atoms with Gasteiger partial charge in [0.25, 0.3) is 0 Å². The summed E-state index contributed by atoms with van der Waals surface area (Å²) in [4.78, 5) is 0.181. The Labute approximate surface area is 176 Å². The van der Waals surface area contributed by atoms with Gasteiger partial charge in [0.2, 0.25) is 10.0 Å². The van der Waals surface area contributed by atoms with Crippen LogP contribution >= 0.6 is 0 Å². The average molecular weight is 432 g/mol. The molecular formula is C22H26FN3O3S. The van der Waals surface area contributed by atoms with Crippen molar-refractivity contribution in [3.05, 3.63) is 66.1 Å². The lowest BCUT2D eigenvalue weighted by molar-refractivity contribution is 0.397. The van der Waals surface area contributed by atoms with Gasteiger partial charge in [-0.25, -0.2) is 17.1 Å². The third-order valence-electron chi connectivity index (χ3n) is 4.95. The highest BCUT2D eigenvalue weighted by molar-refractivity contribution is 7.89. The SMILES string of the molecule is COc1ccccc1S(=O)(=O)N(C)CCCCCc1cc(-c2ccc(F)cc2)n[nH]1. The fourth-order valence-electron chi connectivity index (χ4n) is 3.20. The molecule has 1 aromatic heterocycles. The zero-order valence-electron chi connectivity index (χ0n) is 17.1. The molecule has 30 heavy (non-hydrogen) atoms. The van der Waals surface area contributed by atoms with Crippen LogP contribution in [0.5, 0.6) is 5.75 Å². The fourth-order valence-corrected chi connectivity index (χ4v) is 4.57. The molecule has 160 valence electrons. The molecule has 0 aliphatic carbocycles. The van der Waals surface area contributed by atoms with Gasteiger partial charge in [-0.2, -0.15) is 5.10 Å². The molecule has 1 N–H and O–H groups in total. The second-order valence-electron chi connectivity index (χ2n) is 7.07. The van der Waals surface area contributed by atoms with E-state index >= 15 is 0 Å². The standard InChI is InChI=1S/C22H26FN3O3S/c1-26(30(27,28)22-10-6-5-9-21(22)29-2)15-7-3-4-8-19-16-20(25-24-19)17-11-13-18(23)14-12-17/h5-6,9-14,16H,3-4,7-8,15H2,1-2H3,(H,24,25). The molecule has 6 nitrogen and oxygen atoms in total. The molecule has 2 aromatic carbocycles. The maximum absolute atomic E-state index is 13.0. The van der Waals surface area contributed by atoms with Crippen molar-refractivity contribution >= 4 is 10.0 Å². The third kappa shape index (κ3) is 5.25. The Morgan fingerprint density at radius 2 is 1.80 bits per heavy atom. The molecule has 0 radical (unpaired) electrons. The van der Waals surface area contributed by atoms with Gasteiger partial charge in [-0.05, 0) is 61.7 Å². The lowest BCUT2D eigenvalue weighted by Crippen LogP contribution is -2.28. The molecule has 1 heterocycles. The number of para-hydroxylation sites is 1. The number of aromatic amines is 1. The molecule has 0 spiro atoms. The van der Waals surface area contributed by atoms with E-state index in [0.29, 0.717) is 12.3 Å². The monoisotopic (exact) mass is 431 g/mol. The van der Waals surface area contributed by atoms with E-state index in [1.54, 1.807) is 43.4 Å². The minimum absolute atomic E-state index is 0.181. The molecular weight excluding hydrogens is 405 g/mol. The van der Waals surface area contributed by atoms with E-state index in [2.05, 4.69) is 10.2 Å². The molecule has 0 aliphatic heterocycles. The van der Waals surface area contributed by atoms with Gasteiger partial charge in [0.1, 0.15) is 16.5 Å². The van der Waals surface area contributed by atoms with Crippen molar-refractivity contribution in [3.63, 3.8) is 0 Å². The van der Waals surface area contributed by atoms with Crippen LogP contribution in [-0.2, 0) is 16.4 Å². The minimum Gasteiger partial charge on any atom is -0.495 e. The lowest BCUT2D eigenvalue weighted by atomic mass is 10.1. The number of aryl methyl sites for hydroxylation is 1. The number of aromatic nitrogens is 2. The minimum atomic E-state index is -3.59. The van der Waals surface area contributed by atoms with Crippen LogP contribution < -0.4 is 4.74 Å². The zero-order chi connectivity index (χ0) is 21.6. The van der Waals surface area contributed by atoms with Gasteiger partial charge in [0.15, 0.2) is 0 Å². The number of benzene rings is 2. The van der Waals surface area contributed by atoms with Crippen molar-refractivity contribution in [1.29, 1.82) is 0 Å². The van der Waals surface area contributed by atoms with Gasteiger partial charge in [0, 0.05) is 24.8 Å². The smallest absolute Gasteiger partial charge is 0.246 e. The summed E-state index contributed by atoms with van der Waals surface area (Å²) in [5, 5.41) is 7.29. The molecule has 0 amide bonds. The number of rotatable bonds is 10. The summed E-state index contributed by atoms with van der Waals surface area (Å²) in [5.41, 5.74) is 2.65. The van der Waals surface area contributed by atoms with Crippen LogP contribution in [0.1, 0.15) is 25.0 Å². The van der Waals surface area contributed by atoms with Crippen molar-refractivity contribution in [2.45, 2.75) is 30.6 Å². The first-order valence-electron chi connectivity index (χ1n) is 9.81. The first-order chi connectivity index (χ1) is 14.4. The number of ether oxygens (including phenoxy) is 1. The zero-order valence-corrected chi connectivity index (χ0v) is 18.0. The highest BCUT2D eigenvalue weighted by Crippen LogP contribution is 2.25. The van der Waals surface area contributed by atoms with E-state index in [0.717, 1.165) is 42.6 Å². The quantitative estimate of drug-likeness (QED) is 0.487. The van der Waals surface area contributed by atoms with E-state index in [1.165, 1.54) is 23.5 Å². The van der Waals surface area contributed by atoms with Crippen LogP contribution in [0.15, 0.2) is 59.5 Å². The van der Waals surface area contributed by atoms with Crippen molar-refractivity contribution in [2.75, 3.05) is 20.7 Å². The first-order valence-corrected chi connectivity index (χ1v) is 11.3. The summed E-state index contributed by atoms with van der Waals surface area (Å²) in [6.45, 7) is 0.435. The van der Waals surface area contributed by atoms with Gasteiger partial charge in [-0.15, -0.1) is 0 Å². The summed E-state index contributed by atoms with van der Waals surface area (Å²) in [7, 11) is -0.533. The number of sulfonamides is 1. The maximum Gasteiger partial charge on any atom is 0.246 e. The molecule has 3 rings (SSSR count). The van der Waals surface area contributed by atoms with Crippen LogP contribution in [0.4, 0.5) is 4.39 Å². The van der Waals surface area contributed by atoms with Crippen LogP contribution in [0.25, 0.3) is 11.3 Å². The molecule has 0 saturated heterocycles. The van der Waals surface area contributed by atoms with E-state index in [9.17, 15) is 12.8 Å². The lowest BCUT2D eigenvalue weighted by Gasteiger charge is -2.18. The van der Waals surface area contributed by atoms with Crippen LogP contribution in [0, 0.1) is 5.82 Å². The predicted octanol–water partition coefficient (Wildman–Crippen LogP) is 4.26. The van der Waals surface area contributed by atoms with Crippen LogP contribution in [0.3, 0.4) is 0 Å². The van der Waals surface area contributed by atoms with Crippen LogP contribution in [0.2, 0.25) is 0 Å². The molecule has 0 saturated carbocycles. The van der Waals surface area contributed by atoms with Gasteiger partial charge in [0.05, 0.1) is 12.8 Å². The van der Waals surface area contributed by atoms with Crippen LogP contribution in [-0.4, -0.2) is 43.6 Å². The molecule has 0 bridgehead atoms. The summed E-state index contributed by atoms with van der Waals surface area (Å²) in [6.07, 6.45) is 3.37. The predicted molar refractivity (Wildman–Crippen MR) is 114 cm³/mol. The highest BCUT2D eigenvalue weighted by atomic mass is 32.2. The topological polar surface area (TPSA) is 75.3 Å². The number of hydrogen-bond donors (Lipinski definition) is 1. The molecule has 0 fully saturated rings. The first kappa shape index (κ1) is 22.0. The maximum atomic E-state index is 13.0. The Hall–Kier alpha value is -2.71. The van der Waals surface area contributed by atoms with Gasteiger partial charge in [-0.1, -0.05) is 18.6 Å². The summed E-state index contributed by atoms with van der Waals surface area (Å²) in [6, 6.07) is 14.8. The Balaban J connectivity index is 1.47. The van der Waals surface area contributed by atoms with Crippen molar-refractivity contribution in [3.8, 4) is 17.0 Å². The second-order valence-corrected chi connectivity index (χ2v) is 9.09. The third-order valence-corrected chi connectivity index (χ3v) is 6.84. The Morgan fingerprint density at radius 1 is 1.07 bits per heavy atom. The number of halogens is 1. The van der Waals surface area contributed by atoms with Gasteiger partial charge >= 0.3 is 0 Å². The van der Waals surface area contributed by atoms with E-state index in [1.807, 2.05) is 6.07 Å². The Bertz CT molecular complexity index is 1070. The number of methoxy groups -OCH3 is 1. The van der Waals surface area contributed by atoms with Gasteiger partial charge in [-0.3, -0.25) is 5.10 Å². The second kappa shape index (κ2) is 9.86. The number of H-pyrrole nitrogens is 1. The number of nitrogens with one attached hydrogen (secondary N) is 1. The largest absolute Gasteiger partial charge is 0.495 e. The van der Waals surface area contributed by atoms with Crippen molar-refractivity contribution < 1.29 is 17.5 Å². The summed E-state index contributed by atoms with van der Waals surface area (Å²) >= 11 is 0. The van der Waals surface area contributed by atoms with Crippen molar-refractivity contribution in [2.24, 2.45) is 0 Å². The normalized spacial score (nSPS) is 11.7. The van der Waals surface area contributed by atoms with Gasteiger partial charge < -0.3 is 4.74 Å². The van der Waals surface area contributed by atoms with E-state index < -0.39 is 10.0 Å². The van der Waals surface area contributed by atoms with E-state index in [4.69, 9.17) is 4.74 Å². The molecule has 0 aliphatic rings. The molecule has 0 atom stereocenters.